The molecule has 0 unspecified atom stereocenters. The van der Waals surface area contributed by atoms with Gasteiger partial charge in [0.15, 0.2) is 5.78 Å². The molecule has 17 heavy (non-hydrogen) atoms. The molecule has 1 aromatic rings. The largest absolute Gasteiger partial charge is 0.494 e. The van der Waals surface area contributed by atoms with Crippen molar-refractivity contribution in [2.75, 3.05) is 13.2 Å². The average molecular weight is 260 g/mol. The molecule has 0 atom stereocenters. The molecule has 0 heterocycles. The average Bonchev–Trinajstić information content (AvgIpc) is 2.26. The highest BCUT2D eigenvalue weighted by Crippen LogP contribution is 2.35. The van der Waals surface area contributed by atoms with E-state index in [1.807, 2.05) is 6.92 Å². The maximum atomic E-state index is 11.5. The molecule has 0 saturated heterocycles. The molecular weight excluding hydrogens is 247 g/mol. The normalized spacial score (nSPS) is 11.2. The first-order valence-corrected chi connectivity index (χ1v) is 6.41. The predicted octanol–water partition coefficient (Wildman–Crippen LogP) is 1.38. The second kappa shape index (κ2) is 5.93. The van der Waals surface area contributed by atoms with Crippen molar-refractivity contribution in [3.05, 3.63) is 29.8 Å². The van der Waals surface area contributed by atoms with E-state index in [2.05, 4.69) is 4.52 Å². The molecule has 0 bridgehead atoms. The first-order chi connectivity index (χ1) is 7.92. The Morgan fingerprint density at radius 3 is 2.71 bits per heavy atom. The van der Waals surface area contributed by atoms with Gasteiger partial charge < -0.3 is 14.5 Å². The molecule has 0 amide bonds. The van der Waals surface area contributed by atoms with Gasteiger partial charge in [0.2, 0.25) is 0 Å². The van der Waals surface area contributed by atoms with Gasteiger partial charge in [-0.15, -0.1) is 0 Å². The van der Waals surface area contributed by atoms with Crippen LogP contribution in [-0.2, 0) is 9.09 Å². The van der Waals surface area contributed by atoms with Crippen LogP contribution in [0.3, 0.4) is 0 Å². The smallest absolute Gasteiger partial charge is 0.470 e. The Kier molecular flexibility index (Phi) is 4.84. The summed E-state index contributed by atoms with van der Waals surface area (Å²) in [6.45, 7) is 1.61. The van der Waals surface area contributed by atoms with Crippen LogP contribution in [0.25, 0.3) is 0 Å². The van der Waals surface area contributed by atoms with Crippen LogP contribution in [0.1, 0.15) is 17.3 Å². The third kappa shape index (κ3) is 5.10. The van der Waals surface area contributed by atoms with E-state index in [1.165, 1.54) is 12.1 Å². The van der Waals surface area contributed by atoms with Crippen molar-refractivity contribution in [3.8, 4) is 5.75 Å². The monoisotopic (exact) mass is 260 g/mol. The quantitative estimate of drug-likeness (QED) is 0.592. The Labute approximate surface area is 98.4 Å². The van der Waals surface area contributed by atoms with Crippen LogP contribution in [0.4, 0.5) is 0 Å². The van der Waals surface area contributed by atoms with Crippen LogP contribution >= 0.6 is 7.82 Å². The number of phosphoric acid groups is 1. The van der Waals surface area contributed by atoms with E-state index in [4.69, 9.17) is 14.5 Å². The lowest BCUT2D eigenvalue weighted by atomic mass is 10.1. The minimum absolute atomic E-state index is 0.282. The third-order valence-electron chi connectivity index (χ3n) is 1.83. The number of hydrogen-bond acceptors (Lipinski definition) is 4. The van der Waals surface area contributed by atoms with Crippen molar-refractivity contribution in [3.63, 3.8) is 0 Å². The van der Waals surface area contributed by atoms with E-state index in [0.717, 1.165) is 0 Å². The van der Waals surface area contributed by atoms with Crippen molar-refractivity contribution in [2.24, 2.45) is 0 Å². The van der Waals surface area contributed by atoms with Crippen LogP contribution in [0.2, 0.25) is 0 Å². The summed E-state index contributed by atoms with van der Waals surface area (Å²) in [7, 11) is -4.62. The molecule has 94 valence electrons. The number of ether oxygens (including phenoxy) is 1. The van der Waals surface area contributed by atoms with Crippen LogP contribution < -0.4 is 4.74 Å². The van der Waals surface area contributed by atoms with Crippen LogP contribution in [0.15, 0.2) is 24.3 Å². The van der Waals surface area contributed by atoms with Gasteiger partial charge in [-0.2, -0.15) is 0 Å². The zero-order valence-electron chi connectivity index (χ0n) is 9.20. The third-order valence-corrected chi connectivity index (χ3v) is 2.30. The van der Waals surface area contributed by atoms with E-state index >= 15 is 0 Å². The van der Waals surface area contributed by atoms with E-state index in [-0.39, 0.29) is 5.56 Å². The molecule has 0 fully saturated rings. The van der Waals surface area contributed by atoms with Crippen molar-refractivity contribution in [1.82, 2.24) is 0 Å². The number of ketones is 1. The zero-order valence-corrected chi connectivity index (χ0v) is 10.1. The molecule has 7 heteroatoms. The van der Waals surface area contributed by atoms with E-state index < -0.39 is 20.2 Å². The fourth-order valence-corrected chi connectivity index (χ4v) is 1.44. The number of benzene rings is 1. The summed E-state index contributed by atoms with van der Waals surface area (Å²) in [5, 5.41) is 0. The molecule has 0 aliphatic rings. The second-order valence-corrected chi connectivity index (χ2v) is 4.39. The van der Waals surface area contributed by atoms with Gasteiger partial charge in [0.05, 0.1) is 6.61 Å². The number of rotatable bonds is 6. The lowest BCUT2D eigenvalue weighted by Gasteiger charge is -2.06. The molecule has 0 radical (unpaired) electrons. The number of Topliss-reactive ketones (excluding diaryl/α,β-unsaturated/α-hetero) is 1. The molecule has 1 aromatic carbocycles. The van der Waals surface area contributed by atoms with Gasteiger partial charge >= 0.3 is 7.82 Å². The van der Waals surface area contributed by atoms with E-state index in [9.17, 15) is 9.36 Å². The van der Waals surface area contributed by atoms with Gasteiger partial charge in [0, 0.05) is 5.56 Å². The van der Waals surface area contributed by atoms with Crippen molar-refractivity contribution >= 4 is 13.6 Å². The summed E-state index contributed by atoms with van der Waals surface area (Å²) in [5.41, 5.74) is 0.282. The molecule has 0 aromatic heterocycles. The highest BCUT2D eigenvalue weighted by atomic mass is 31.2. The number of carbonyl (C=O) groups is 1. The zero-order chi connectivity index (χ0) is 12.9. The van der Waals surface area contributed by atoms with Crippen LogP contribution in [0.5, 0.6) is 5.75 Å². The number of carbonyl (C=O) groups excluding carboxylic acids is 1. The first kappa shape index (κ1) is 13.9. The predicted molar refractivity (Wildman–Crippen MR) is 59.9 cm³/mol. The van der Waals surface area contributed by atoms with Crippen molar-refractivity contribution in [2.45, 2.75) is 6.92 Å². The van der Waals surface area contributed by atoms with Crippen LogP contribution in [-0.4, -0.2) is 28.8 Å². The number of hydrogen-bond donors (Lipinski definition) is 2. The second-order valence-electron chi connectivity index (χ2n) is 3.15. The molecule has 0 aliphatic heterocycles. The van der Waals surface area contributed by atoms with Gasteiger partial charge in [-0.25, -0.2) is 4.57 Å². The maximum Gasteiger partial charge on any atom is 0.470 e. The van der Waals surface area contributed by atoms with Gasteiger partial charge in [-0.1, -0.05) is 12.1 Å². The first-order valence-electron chi connectivity index (χ1n) is 4.88. The van der Waals surface area contributed by atoms with Crippen molar-refractivity contribution in [1.29, 1.82) is 0 Å². The van der Waals surface area contributed by atoms with Gasteiger partial charge in [0.1, 0.15) is 12.4 Å². The topological polar surface area (TPSA) is 93.1 Å². The molecular formula is C10H13O6P. The molecule has 0 spiro atoms. The Bertz CT molecular complexity index is 438. The Morgan fingerprint density at radius 1 is 1.41 bits per heavy atom. The summed E-state index contributed by atoms with van der Waals surface area (Å²) in [6.07, 6.45) is 0. The minimum Gasteiger partial charge on any atom is -0.494 e. The van der Waals surface area contributed by atoms with Crippen LogP contribution in [0, 0.1) is 0 Å². The minimum atomic E-state index is -4.62. The highest BCUT2D eigenvalue weighted by Gasteiger charge is 2.17. The summed E-state index contributed by atoms with van der Waals surface area (Å²) in [5.74, 6) is 0.00408. The molecule has 0 saturated carbocycles. The highest BCUT2D eigenvalue weighted by molar-refractivity contribution is 7.46. The standard InChI is InChI=1S/C10H13O6P/c1-2-15-9-5-3-4-8(6-9)10(11)7-16-17(12,13)14/h3-6H,2,7H2,1H3,(H2,12,13,14). The van der Waals surface area contributed by atoms with Gasteiger partial charge in [-0.3, -0.25) is 9.32 Å². The lowest BCUT2D eigenvalue weighted by Crippen LogP contribution is -2.08. The molecule has 1 rings (SSSR count). The summed E-state index contributed by atoms with van der Waals surface area (Å²) >= 11 is 0. The van der Waals surface area contributed by atoms with Crippen molar-refractivity contribution < 1.29 is 28.4 Å². The summed E-state index contributed by atoms with van der Waals surface area (Å²) in [6, 6.07) is 6.32. The summed E-state index contributed by atoms with van der Waals surface area (Å²) in [4.78, 5) is 28.5. The Hall–Kier alpha value is -1.20. The SMILES string of the molecule is CCOc1cccc(C(=O)COP(=O)(O)O)c1. The summed E-state index contributed by atoms with van der Waals surface area (Å²) < 4.78 is 19.7. The Balaban J connectivity index is 2.68. The maximum absolute atomic E-state index is 11.5. The molecule has 2 N–H and O–H groups in total. The van der Waals surface area contributed by atoms with Gasteiger partial charge in [0.25, 0.3) is 0 Å². The van der Waals surface area contributed by atoms with E-state index in [0.29, 0.717) is 12.4 Å². The number of phosphoric ester groups is 1. The molecule has 0 aliphatic carbocycles. The fraction of sp³-hybridized carbons (Fsp3) is 0.300. The fourth-order valence-electron chi connectivity index (χ4n) is 1.15. The lowest BCUT2D eigenvalue weighted by molar-refractivity contribution is 0.0883. The van der Waals surface area contributed by atoms with E-state index in [1.54, 1.807) is 12.1 Å². The Morgan fingerprint density at radius 2 is 2.12 bits per heavy atom. The molecule has 6 nitrogen and oxygen atoms in total. The van der Waals surface area contributed by atoms with Gasteiger partial charge in [-0.05, 0) is 19.1 Å².